The molecule has 132 valence electrons. The minimum atomic E-state index is 0.173. The molecule has 2 aliphatic rings. The normalized spacial score (nSPS) is 23.6. The number of nitrogens with zero attached hydrogens (tertiary/aromatic N) is 1. The summed E-state index contributed by atoms with van der Waals surface area (Å²) >= 11 is 0. The Morgan fingerprint density at radius 3 is 2.67 bits per heavy atom. The molecule has 1 saturated carbocycles. The van der Waals surface area contributed by atoms with Crippen LogP contribution in [-0.4, -0.2) is 29.9 Å². The number of nitrogens with one attached hydrogen (secondary N) is 1. The highest BCUT2D eigenvalue weighted by molar-refractivity contribution is 5.79. The van der Waals surface area contributed by atoms with Crippen molar-refractivity contribution >= 4 is 5.91 Å². The molecule has 1 atom stereocenters. The summed E-state index contributed by atoms with van der Waals surface area (Å²) in [4.78, 5) is 15.1. The number of hydrogen-bond acceptors (Lipinski definition) is 2. The molecule has 1 unspecified atom stereocenters. The van der Waals surface area contributed by atoms with Crippen molar-refractivity contribution in [2.75, 3.05) is 13.1 Å². The molecule has 1 N–H and O–H groups in total. The first-order valence-electron chi connectivity index (χ1n) is 9.79. The van der Waals surface area contributed by atoms with E-state index in [0.717, 1.165) is 32.5 Å². The predicted molar refractivity (Wildman–Crippen MR) is 98.8 cm³/mol. The van der Waals surface area contributed by atoms with Crippen LogP contribution in [0.15, 0.2) is 24.3 Å². The quantitative estimate of drug-likeness (QED) is 0.846. The minimum Gasteiger partial charge on any atom is -0.353 e. The molecule has 1 aromatic rings. The van der Waals surface area contributed by atoms with Gasteiger partial charge in [-0.1, -0.05) is 55.5 Å². The molecular weight excluding hydrogens is 296 g/mol. The van der Waals surface area contributed by atoms with E-state index in [1.807, 2.05) is 0 Å². The molecule has 0 bridgehead atoms. The van der Waals surface area contributed by atoms with Crippen molar-refractivity contribution in [2.24, 2.45) is 5.92 Å². The molecule has 1 amide bonds. The van der Waals surface area contributed by atoms with Gasteiger partial charge in [-0.05, 0) is 44.7 Å². The Morgan fingerprint density at radius 2 is 1.92 bits per heavy atom. The lowest BCUT2D eigenvalue weighted by molar-refractivity contribution is -0.127. The van der Waals surface area contributed by atoms with Crippen molar-refractivity contribution in [1.82, 2.24) is 10.2 Å². The molecule has 1 heterocycles. The summed E-state index contributed by atoms with van der Waals surface area (Å²) in [5.41, 5.74) is 2.67. The first kappa shape index (κ1) is 17.5. The van der Waals surface area contributed by atoms with E-state index in [2.05, 4.69) is 41.4 Å². The number of likely N-dealkylation sites (tertiary alicyclic amines) is 1. The maximum Gasteiger partial charge on any atom is 0.224 e. The number of hydrogen-bond donors (Lipinski definition) is 1. The number of aryl methyl sites for hydroxylation is 1. The topological polar surface area (TPSA) is 32.3 Å². The molecule has 1 aromatic carbocycles. The van der Waals surface area contributed by atoms with Crippen LogP contribution in [0, 0.1) is 12.8 Å². The zero-order valence-electron chi connectivity index (χ0n) is 15.1. The van der Waals surface area contributed by atoms with Crippen LogP contribution in [0.1, 0.15) is 62.5 Å². The number of benzene rings is 1. The van der Waals surface area contributed by atoms with Crippen molar-refractivity contribution in [2.45, 2.75) is 70.9 Å². The van der Waals surface area contributed by atoms with Gasteiger partial charge in [0.05, 0.1) is 5.92 Å². The SMILES string of the molecule is Cc1cccc(CN2CCCC(C(=O)NC3CCCCCC3)C2)c1. The summed E-state index contributed by atoms with van der Waals surface area (Å²) in [6.07, 6.45) is 9.73. The fraction of sp³-hybridized carbons (Fsp3) is 0.667. The van der Waals surface area contributed by atoms with Gasteiger partial charge in [-0.3, -0.25) is 9.69 Å². The van der Waals surface area contributed by atoms with Crippen LogP contribution in [0.25, 0.3) is 0 Å². The number of carbonyl (C=O) groups is 1. The second kappa shape index (κ2) is 8.66. The lowest BCUT2D eigenvalue weighted by Crippen LogP contribution is -2.45. The largest absolute Gasteiger partial charge is 0.353 e. The molecule has 0 aromatic heterocycles. The van der Waals surface area contributed by atoms with Crippen molar-refractivity contribution in [3.05, 3.63) is 35.4 Å². The van der Waals surface area contributed by atoms with Crippen molar-refractivity contribution < 1.29 is 4.79 Å². The monoisotopic (exact) mass is 328 g/mol. The summed E-state index contributed by atoms with van der Waals surface area (Å²) in [5.74, 6) is 0.475. The van der Waals surface area contributed by atoms with E-state index in [1.165, 1.54) is 49.7 Å². The minimum absolute atomic E-state index is 0.173. The maximum absolute atomic E-state index is 12.7. The third-order valence-electron chi connectivity index (χ3n) is 5.57. The predicted octanol–water partition coefficient (Wildman–Crippen LogP) is 4.05. The summed E-state index contributed by atoms with van der Waals surface area (Å²) in [5, 5.41) is 3.36. The van der Waals surface area contributed by atoms with Crippen LogP contribution >= 0.6 is 0 Å². The van der Waals surface area contributed by atoms with Crippen LogP contribution in [0.2, 0.25) is 0 Å². The number of rotatable bonds is 4. The van der Waals surface area contributed by atoms with E-state index in [1.54, 1.807) is 0 Å². The highest BCUT2D eigenvalue weighted by Gasteiger charge is 2.27. The standard InChI is InChI=1S/C21H32N2O/c1-17-8-6-9-18(14-17)15-23-13-7-10-19(16-23)21(24)22-20-11-4-2-3-5-12-20/h6,8-9,14,19-20H,2-5,7,10-13,15-16H2,1H3,(H,22,24). The first-order valence-corrected chi connectivity index (χ1v) is 9.79. The van der Waals surface area contributed by atoms with Gasteiger partial charge in [-0.25, -0.2) is 0 Å². The van der Waals surface area contributed by atoms with Crippen molar-refractivity contribution in [3.63, 3.8) is 0 Å². The van der Waals surface area contributed by atoms with E-state index in [-0.39, 0.29) is 5.92 Å². The van der Waals surface area contributed by atoms with Crippen LogP contribution in [0.5, 0.6) is 0 Å². The summed E-state index contributed by atoms with van der Waals surface area (Å²) in [6, 6.07) is 9.15. The zero-order chi connectivity index (χ0) is 16.8. The smallest absolute Gasteiger partial charge is 0.224 e. The van der Waals surface area contributed by atoms with E-state index in [0.29, 0.717) is 11.9 Å². The zero-order valence-corrected chi connectivity index (χ0v) is 15.1. The van der Waals surface area contributed by atoms with Gasteiger partial charge in [0.15, 0.2) is 0 Å². The number of piperidine rings is 1. The average molecular weight is 329 g/mol. The molecule has 3 heteroatoms. The number of carbonyl (C=O) groups excluding carboxylic acids is 1. The van der Waals surface area contributed by atoms with Gasteiger partial charge in [0.2, 0.25) is 5.91 Å². The molecule has 1 aliphatic heterocycles. The number of amides is 1. The third-order valence-corrected chi connectivity index (χ3v) is 5.57. The fourth-order valence-electron chi connectivity index (χ4n) is 4.22. The molecule has 2 fully saturated rings. The summed E-state index contributed by atoms with van der Waals surface area (Å²) < 4.78 is 0. The Hall–Kier alpha value is -1.35. The van der Waals surface area contributed by atoms with Gasteiger partial charge >= 0.3 is 0 Å². The average Bonchev–Trinajstić information content (AvgIpc) is 2.84. The Labute approximate surface area is 146 Å². The molecular formula is C21H32N2O. The van der Waals surface area contributed by atoms with Crippen LogP contribution in [0.4, 0.5) is 0 Å². The van der Waals surface area contributed by atoms with Crippen molar-refractivity contribution in [1.29, 1.82) is 0 Å². The molecule has 24 heavy (non-hydrogen) atoms. The Kier molecular flexibility index (Phi) is 6.30. The summed E-state index contributed by atoms with van der Waals surface area (Å²) in [6.45, 7) is 5.13. The Balaban J connectivity index is 1.51. The van der Waals surface area contributed by atoms with Gasteiger partial charge < -0.3 is 5.32 Å². The van der Waals surface area contributed by atoms with Crippen molar-refractivity contribution in [3.8, 4) is 0 Å². The first-order chi connectivity index (χ1) is 11.7. The van der Waals surface area contributed by atoms with Gasteiger partial charge in [0.1, 0.15) is 0 Å². The molecule has 3 nitrogen and oxygen atoms in total. The van der Waals surface area contributed by atoms with Crippen LogP contribution in [-0.2, 0) is 11.3 Å². The molecule has 0 spiro atoms. The third kappa shape index (κ3) is 5.07. The second-order valence-corrected chi connectivity index (χ2v) is 7.76. The van der Waals surface area contributed by atoms with Gasteiger partial charge in [-0.2, -0.15) is 0 Å². The van der Waals surface area contributed by atoms with E-state index in [4.69, 9.17) is 0 Å². The Morgan fingerprint density at radius 1 is 1.12 bits per heavy atom. The van der Waals surface area contributed by atoms with Gasteiger partial charge in [0, 0.05) is 19.1 Å². The second-order valence-electron chi connectivity index (χ2n) is 7.76. The molecule has 3 rings (SSSR count). The molecule has 1 saturated heterocycles. The maximum atomic E-state index is 12.7. The lowest BCUT2D eigenvalue weighted by atomic mass is 9.95. The lowest BCUT2D eigenvalue weighted by Gasteiger charge is -2.33. The summed E-state index contributed by atoms with van der Waals surface area (Å²) in [7, 11) is 0. The van der Waals surface area contributed by atoms with E-state index in [9.17, 15) is 4.79 Å². The van der Waals surface area contributed by atoms with Gasteiger partial charge in [-0.15, -0.1) is 0 Å². The molecule has 0 radical (unpaired) electrons. The Bertz CT molecular complexity index is 534. The molecule has 1 aliphatic carbocycles. The van der Waals surface area contributed by atoms with E-state index < -0.39 is 0 Å². The highest BCUT2D eigenvalue weighted by Crippen LogP contribution is 2.21. The fourth-order valence-corrected chi connectivity index (χ4v) is 4.22. The van der Waals surface area contributed by atoms with Crippen LogP contribution in [0.3, 0.4) is 0 Å². The highest BCUT2D eigenvalue weighted by atomic mass is 16.2. The van der Waals surface area contributed by atoms with Crippen LogP contribution < -0.4 is 5.32 Å². The van der Waals surface area contributed by atoms with E-state index >= 15 is 0 Å². The van der Waals surface area contributed by atoms with Gasteiger partial charge in [0.25, 0.3) is 0 Å².